The molecular weight excluding hydrogens is 412 g/mol. The van der Waals surface area contributed by atoms with Gasteiger partial charge in [0, 0.05) is 31.1 Å². The van der Waals surface area contributed by atoms with Crippen LogP contribution in [0.2, 0.25) is 0 Å². The summed E-state index contributed by atoms with van der Waals surface area (Å²) in [4.78, 5) is 0. The van der Waals surface area contributed by atoms with Gasteiger partial charge in [-0.25, -0.2) is 0 Å². The molecule has 0 aromatic rings. The van der Waals surface area contributed by atoms with Crippen molar-refractivity contribution < 1.29 is 18.9 Å². The summed E-state index contributed by atoms with van der Waals surface area (Å²) in [6.45, 7) is 12.4. The quantitative estimate of drug-likeness (QED) is 0.413. The predicted octanol–water partition coefficient (Wildman–Crippen LogP) is 6.10. The molecule has 4 aliphatic carbocycles. The summed E-state index contributed by atoms with van der Waals surface area (Å²) in [5.74, 6) is 3.44. The Morgan fingerprint density at radius 1 is 0.879 bits per heavy atom. The molecule has 0 N–H and O–H groups in total. The number of rotatable bonds is 0. The fourth-order valence-corrected chi connectivity index (χ4v) is 10.2. The fraction of sp³-hybridized carbons (Fsp3) is 0.931. The van der Waals surface area contributed by atoms with Gasteiger partial charge < -0.3 is 18.9 Å². The Labute approximate surface area is 200 Å². The van der Waals surface area contributed by atoms with Gasteiger partial charge in [-0.2, -0.15) is 0 Å². The van der Waals surface area contributed by atoms with Gasteiger partial charge in [0.15, 0.2) is 11.6 Å². The molecule has 4 heteroatoms. The first-order chi connectivity index (χ1) is 15.8. The van der Waals surface area contributed by atoms with Gasteiger partial charge in [0.1, 0.15) is 0 Å². The summed E-state index contributed by atoms with van der Waals surface area (Å²) in [6.07, 6.45) is 14.0. The average molecular weight is 457 g/mol. The van der Waals surface area contributed by atoms with Gasteiger partial charge in [-0.05, 0) is 73.0 Å². The third-order valence-electron chi connectivity index (χ3n) is 12.1. The molecule has 10 unspecified atom stereocenters. The zero-order valence-corrected chi connectivity index (χ0v) is 21.2. The lowest BCUT2D eigenvalue weighted by Gasteiger charge is -2.61. The highest BCUT2D eigenvalue weighted by atomic mass is 16.7. The van der Waals surface area contributed by atoms with Crippen LogP contribution < -0.4 is 0 Å². The molecule has 3 saturated heterocycles. The van der Waals surface area contributed by atoms with Gasteiger partial charge in [0.2, 0.25) is 0 Å². The van der Waals surface area contributed by atoms with Crippen molar-refractivity contribution >= 4 is 0 Å². The normalized spacial score (nSPS) is 56.8. The minimum absolute atomic E-state index is 0.251. The Morgan fingerprint density at radius 3 is 2.45 bits per heavy atom. The van der Waals surface area contributed by atoms with Crippen molar-refractivity contribution in [3.05, 3.63) is 11.6 Å². The summed E-state index contributed by atoms with van der Waals surface area (Å²) >= 11 is 0. The van der Waals surface area contributed by atoms with Crippen LogP contribution >= 0.6 is 0 Å². The van der Waals surface area contributed by atoms with Gasteiger partial charge in [0.25, 0.3) is 0 Å². The molecule has 0 amide bonds. The van der Waals surface area contributed by atoms with E-state index >= 15 is 0 Å². The van der Waals surface area contributed by atoms with E-state index in [0.717, 1.165) is 56.8 Å². The first-order valence-electron chi connectivity index (χ1n) is 14.1. The maximum Gasteiger partial charge on any atom is 0.172 e. The van der Waals surface area contributed by atoms with Crippen LogP contribution in [0.4, 0.5) is 0 Å². The highest BCUT2D eigenvalue weighted by Crippen LogP contribution is 2.70. The Hall–Kier alpha value is -0.420. The third kappa shape index (κ3) is 2.84. The standard InChI is InChI=1S/C29H44O4/c1-18-7-10-29(32-17-18)19(2)25-24(33-29)15-23-21-6-5-20-16-28(30-13-14-31-28)12-11-26(20,3)22(21)8-9-27(23,25)4/h15,18-22,24-25H,5-14,16-17H2,1-4H3. The van der Waals surface area contributed by atoms with E-state index in [2.05, 4.69) is 33.8 Å². The molecule has 0 bridgehead atoms. The second kappa shape index (κ2) is 7.08. The van der Waals surface area contributed by atoms with Crippen LogP contribution in [0, 0.1) is 46.3 Å². The van der Waals surface area contributed by atoms with E-state index in [1.54, 1.807) is 5.57 Å². The number of ether oxygens (including phenoxy) is 4. The number of hydrogen-bond donors (Lipinski definition) is 0. The minimum Gasteiger partial charge on any atom is -0.349 e. The van der Waals surface area contributed by atoms with E-state index in [0.29, 0.717) is 23.2 Å². The highest BCUT2D eigenvalue weighted by molar-refractivity contribution is 5.34. The number of hydrogen-bond acceptors (Lipinski definition) is 4. The van der Waals surface area contributed by atoms with Crippen molar-refractivity contribution in [1.29, 1.82) is 0 Å². The number of allylic oxidation sites excluding steroid dienone is 1. The summed E-state index contributed by atoms with van der Waals surface area (Å²) in [5.41, 5.74) is 2.49. The lowest BCUT2D eigenvalue weighted by atomic mass is 9.45. The maximum absolute atomic E-state index is 6.87. The Bertz CT molecular complexity index is 837. The monoisotopic (exact) mass is 456 g/mol. The van der Waals surface area contributed by atoms with E-state index in [1.165, 1.54) is 38.5 Å². The van der Waals surface area contributed by atoms with Gasteiger partial charge >= 0.3 is 0 Å². The van der Waals surface area contributed by atoms with Crippen molar-refractivity contribution in [3.8, 4) is 0 Å². The van der Waals surface area contributed by atoms with Crippen LogP contribution in [0.15, 0.2) is 11.6 Å². The van der Waals surface area contributed by atoms with Crippen molar-refractivity contribution in [2.75, 3.05) is 19.8 Å². The lowest BCUT2D eigenvalue weighted by molar-refractivity contribution is -0.265. The Morgan fingerprint density at radius 2 is 1.70 bits per heavy atom. The van der Waals surface area contributed by atoms with Crippen LogP contribution in [-0.2, 0) is 18.9 Å². The van der Waals surface area contributed by atoms with Crippen LogP contribution in [0.25, 0.3) is 0 Å². The molecule has 6 fully saturated rings. The molecule has 4 nitrogen and oxygen atoms in total. The largest absolute Gasteiger partial charge is 0.349 e. The zero-order chi connectivity index (χ0) is 22.6. The van der Waals surface area contributed by atoms with E-state index < -0.39 is 0 Å². The molecule has 7 aliphatic rings. The SMILES string of the molecule is CC1CCC2(OC1)OC1C=C3C4CCC5CC6(CCC5(C)C4CCC3(C)C1C2C)OCCO6. The summed E-state index contributed by atoms with van der Waals surface area (Å²) in [5, 5.41) is 0. The summed E-state index contributed by atoms with van der Waals surface area (Å²) in [7, 11) is 0. The summed E-state index contributed by atoms with van der Waals surface area (Å²) < 4.78 is 25.7. The first-order valence-corrected chi connectivity index (χ1v) is 14.1. The molecule has 184 valence electrons. The summed E-state index contributed by atoms with van der Waals surface area (Å²) in [6, 6.07) is 0. The van der Waals surface area contributed by atoms with Gasteiger partial charge in [0.05, 0.1) is 25.9 Å². The third-order valence-corrected chi connectivity index (χ3v) is 12.1. The number of fused-ring (bicyclic) bond motifs is 7. The van der Waals surface area contributed by atoms with Gasteiger partial charge in [-0.15, -0.1) is 0 Å². The van der Waals surface area contributed by atoms with E-state index in [4.69, 9.17) is 18.9 Å². The second-order valence-corrected chi connectivity index (χ2v) is 13.5. The van der Waals surface area contributed by atoms with Crippen molar-refractivity contribution in [3.63, 3.8) is 0 Å². The minimum atomic E-state index is -0.327. The molecule has 3 saturated carbocycles. The molecular formula is C29H44O4. The molecule has 0 aromatic heterocycles. The molecule has 7 rings (SSSR count). The molecule has 0 radical (unpaired) electrons. The Kier molecular flexibility index (Phi) is 4.68. The lowest BCUT2D eigenvalue weighted by Crippen LogP contribution is -2.55. The van der Waals surface area contributed by atoms with Crippen LogP contribution in [0.3, 0.4) is 0 Å². The van der Waals surface area contributed by atoms with Crippen LogP contribution in [0.5, 0.6) is 0 Å². The van der Waals surface area contributed by atoms with Crippen molar-refractivity contribution in [2.24, 2.45) is 46.3 Å². The smallest absolute Gasteiger partial charge is 0.172 e. The van der Waals surface area contributed by atoms with E-state index in [1.807, 2.05) is 0 Å². The molecule has 3 aliphatic heterocycles. The molecule has 33 heavy (non-hydrogen) atoms. The fourth-order valence-electron chi connectivity index (χ4n) is 10.2. The van der Waals surface area contributed by atoms with Crippen molar-refractivity contribution in [2.45, 2.75) is 103 Å². The maximum atomic E-state index is 6.87. The van der Waals surface area contributed by atoms with Crippen LogP contribution in [0.1, 0.15) is 85.5 Å². The van der Waals surface area contributed by atoms with Gasteiger partial charge in [-0.3, -0.25) is 0 Å². The van der Waals surface area contributed by atoms with E-state index in [9.17, 15) is 0 Å². The van der Waals surface area contributed by atoms with Crippen LogP contribution in [-0.4, -0.2) is 37.5 Å². The first kappa shape index (κ1) is 21.8. The zero-order valence-electron chi connectivity index (χ0n) is 21.2. The topological polar surface area (TPSA) is 36.9 Å². The van der Waals surface area contributed by atoms with Gasteiger partial charge in [-0.1, -0.05) is 39.3 Å². The molecule has 2 spiro atoms. The second-order valence-electron chi connectivity index (χ2n) is 13.5. The molecule has 3 heterocycles. The molecule has 10 atom stereocenters. The predicted molar refractivity (Wildman–Crippen MR) is 126 cm³/mol. The van der Waals surface area contributed by atoms with Crippen molar-refractivity contribution in [1.82, 2.24) is 0 Å². The Balaban J connectivity index is 1.16. The average Bonchev–Trinajstić information content (AvgIpc) is 3.44. The molecule has 0 aromatic carbocycles. The highest BCUT2D eigenvalue weighted by Gasteiger charge is 2.66. The van der Waals surface area contributed by atoms with E-state index in [-0.39, 0.29) is 23.1 Å².